The maximum atomic E-state index is 13.0. The van der Waals surface area contributed by atoms with E-state index in [9.17, 15) is 4.79 Å². The Labute approximate surface area is 136 Å². The lowest BCUT2D eigenvalue weighted by atomic mass is 10.0. The van der Waals surface area contributed by atoms with Gasteiger partial charge >= 0.3 is 0 Å². The molecule has 0 unspecified atom stereocenters. The number of hydrogen-bond acceptors (Lipinski definition) is 1. The van der Waals surface area contributed by atoms with Crippen LogP contribution in [0.15, 0.2) is 47.3 Å². The van der Waals surface area contributed by atoms with E-state index in [1.165, 1.54) is 16.7 Å². The van der Waals surface area contributed by atoms with Gasteiger partial charge in [-0.25, -0.2) is 4.68 Å². The van der Waals surface area contributed by atoms with Crippen molar-refractivity contribution in [3.05, 3.63) is 75.2 Å². The van der Waals surface area contributed by atoms with Crippen molar-refractivity contribution in [2.75, 3.05) is 0 Å². The first-order chi connectivity index (χ1) is 11.0. The van der Waals surface area contributed by atoms with Gasteiger partial charge in [-0.2, -0.15) is 0 Å². The first kappa shape index (κ1) is 15.3. The Morgan fingerprint density at radius 2 is 1.65 bits per heavy atom. The molecule has 3 nitrogen and oxygen atoms in total. The molecule has 3 rings (SSSR count). The average molecular weight is 306 g/mol. The Bertz CT molecular complexity index is 898. The maximum Gasteiger partial charge on any atom is 0.279 e. The van der Waals surface area contributed by atoms with Crippen molar-refractivity contribution in [1.82, 2.24) is 9.78 Å². The number of rotatable bonds is 3. The van der Waals surface area contributed by atoms with Gasteiger partial charge < -0.3 is 0 Å². The summed E-state index contributed by atoms with van der Waals surface area (Å²) in [6.45, 7) is 8.25. The van der Waals surface area contributed by atoms with Gasteiger partial charge in [-0.05, 0) is 56.0 Å². The van der Waals surface area contributed by atoms with Crippen molar-refractivity contribution in [3.63, 3.8) is 0 Å². The molecule has 0 aliphatic heterocycles. The van der Waals surface area contributed by atoms with E-state index in [0.29, 0.717) is 0 Å². The maximum absolute atomic E-state index is 13.0. The average Bonchev–Trinajstić information content (AvgIpc) is 2.88. The fourth-order valence-electron chi connectivity index (χ4n) is 2.80. The highest BCUT2D eigenvalue weighted by atomic mass is 16.1. The van der Waals surface area contributed by atoms with Gasteiger partial charge in [0.2, 0.25) is 0 Å². The summed E-state index contributed by atoms with van der Waals surface area (Å²) in [5, 5.41) is 3.28. The molecule has 3 aromatic rings. The van der Waals surface area contributed by atoms with E-state index in [-0.39, 0.29) is 5.56 Å². The van der Waals surface area contributed by atoms with Gasteiger partial charge in [0.1, 0.15) is 0 Å². The molecule has 0 aliphatic carbocycles. The van der Waals surface area contributed by atoms with Crippen LogP contribution in [0.25, 0.3) is 16.8 Å². The highest BCUT2D eigenvalue weighted by Gasteiger charge is 2.16. The molecule has 2 aromatic carbocycles. The van der Waals surface area contributed by atoms with Crippen LogP contribution in [-0.4, -0.2) is 9.78 Å². The molecular weight excluding hydrogens is 284 g/mol. The van der Waals surface area contributed by atoms with Crippen LogP contribution in [0.3, 0.4) is 0 Å². The van der Waals surface area contributed by atoms with Gasteiger partial charge in [-0.1, -0.05) is 42.8 Å². The predicted molar refractivity (Wildman–Crippen MR) is 95.4 cm³/mol. The second kappa shape index (κ2) is 5.92. The smallest absolute Gasteiger partial charge is 0.279 e. The molecule has 3 heteroatoms. The molecular formula is C20H22N2O. The van der Waals surface area contributed by atoms with Crippen LogP contribution in [0.5, 0.6) is 0 Å². The van der Waals surface area contributed by atoms with E-state index >= 15 is 0 Å². The zero-order valence-corrected chi connectivity index (χ0v) is 14.1. The number of aryl methyl sites for hydroxylation is 4. The third-order valence-electron chi connectivity index (χ3n) is 4.41. The van der Waals surface area contributed by atoms with E-state index in [1.54, 1.807) is 4.68 Å². The Morgan fingerprint density at radius 3 is 2.26 bits per heavy atom. The lowest BCUT2D eigenvalue weighted by molar-refractivity contribution is 0.818. The normalized spacial score (nSPS) is 11.0. The topological polar surface area (TPSA) is 37.8 Å². The monoisotopic (exact) mass is 306 g/mol. The number of aromatic nitrogens is 2. The third-order valence-corrected chi connectivity index (χ3v) is 4.41. The second-order valence-electron chi connectivity index (χ2n) is 6.09. The van der Waals surface area contributed by atoms with Crippen molar-refractivity contribution >= 4 is 0 Å². The van der Waals surface area contributed by atoms with Crippen LogP contribution >= 0.6 is 0 Å². The summed E-state index contributed by atoms with van der Waals surface area (Å²) in [5.74, 6) is 0. The van der Waals surface area contributed by atoms with Crippen LogP contribution in [0.2, 0.25) is 0 Å². The summed E-state index contributed by atoms with van der Waals surface area (Å²) in [7, 11) is 0. The van der Waals surface area contributed by atoms with Crippen molar-refractivity contribution < 1.29 is 0 Å². The number of nitrogens with zero attached hydrogens (tertiary/aromatic N) is 1. The Kier molecular flexibility index (Phi) is 3.95. The summed E-state index contributed by atoms with van der Waals surface area (Å²) in [6.07, 6.45) is 0.788. The summed E-state index contributed by atoms with van der Waals surface area (Å²) >= 11 is 0. The molecule has 0 bridgehead atoms. The van der Waals surface area contributed by atoms with Gasteiger partial charge in [0.25, 0.3) is 5.56 Å². The largest absolute Gasteiger partial charge is 0.294 e. The second-order valence-corrected chi connectivity index (χ2v) is 6.09. The molecule has 23 heavy (non-hydrogen) atoms. The van der Waals surface area contributed by atoms with E-state index in [2.05, 4.69) is 38.9 Å². The molecule has 0 radical (unpaired) electrons. The lowest BCUT2D eigenvalue weighted by Gasteiger charge is -2.05. The number of benzene rings is 2. The van der Waals surface area contributed by atoms with Crippen molar-refractivity contribution in [3.8, 4) is 16.8 Å². The SMILES string of the molecule is CCc1[nH]n(-c2ccc(C)c(C)c2)c(=O)c1-c1ccc(C)cc1. The number of aromatic amines is 1. The number of hydrogen-bond donors (Lipinski definition) is 1. The Balaban J connectivity index is 2.19. The van der Waals surface area contributed by atoms with Gasteiger partial charge in [0.15, 0.2) is 0 Å². The van der Waals surface area contributed by atoms with Crippen LogP contribution in [-0.2, 0) is 6.42 Å². The molecule has 0 spiro atoms. The minimum absolute atomic E-state index is 0.00829. The molecule has 0 amide bonds. The molecule has 0 aliphatic rings. The van der Waals surface area contributed by atoms with E-state index in [1.807, 2.05) is 36.4 Å². The molecule has 1 N–H and O–H groups in total. The number of H-pyrrole nitrogens is 1. The Hall–Kier alpha value is -2.55. The van der Waals surface area contributed by atoms with Gasteiger partial charge in [-0.3, -0.25) is 9.89 Å². The minimum atomic E-state index is 0.00829. The molecule has 0 saturated heterocycles. The fourth-order valence-corrected chi connectivity index (χ4v) is 2.80. The van der Waals surface area contributed by atoms with Crippen LogP contribution in [0.4, 0.5) is 0 Å². The van der Waals surface area contributed by atoms with Crippen LogP contribution in [0.1, 0.15) is 29.3 Å². The van der Waals surface area contributed by atoms with Gasteiger partial charge in [0.05, 0.1) is 11.3 Å². The number of nitrogens with one attached hydrogen (secondary N) is 1. The first-order valence-corrected chi connectivity index (χ1v) is 8.00. The lowest BCUT2D eigenvalue weighted by Crippen LogP contribution is -2.15. The molecule has 1 heterocycles. The van der Waals surface area contributed by atoms with Gasteiger partial charge in [-0.15, -0.1) is 0 Å². The van der Waals surface area contributed by atoms with Crippen molar-refractivity contribution in [2.45, 2.75) is 34.1 Å². The summed E-state index contributed by atoms with van der Waals surface area (Å²) in [6, 6.07) is 14.2. The molecule has 118 valence electrons. The molecule has 0 atom stereocenters. The highest BCUT2D eigenvalue weighted by molar-refractivity contribution is 5.66. The quantitative estimate of drug-likeness (QED) is 0.769. The first-order valence-electron chi connectivity index (χ1n) is 8.00. The standard InChI is InChI=1S/C20H22N2O/c1-5-18-19(16-9-6-13(2)7-10-16)20(23)22(21-18)17-11-8-14(3)15(4)12-17/h6-12,21H,5H2,1-4H3. The fraction of sp³-hybridized carbons (Fsp3) is 0.250. The summed E-state index contributed by atoms with van der Waals surface area (Å²) in [4.78, 5) is 13.0. The Morgan fingerprint density at radius 1 is 0.957 bits per heavy atom. The van der Waals surface area contributed by atoms with E-state index < -0.39 is 0 Å². The zero-order chi connectivity index (χ0) is 16.6. The highest BCUT2D eigenvalue weighted by Crippen LogP contribution is 2.22. The van der Waals surface area contributed by atoms with Gasteiger partial charge in [0, 0.05) is 5.69 Å². The third kappa shape index (κ3) is 2.74. The molecule has 0 fully saturated rings. The van der Waals surface area contributed by atoms with E-state index in [4.69, 9.17) is 0 Å². The molecule has 0 saturated carbocycles. The van der Waals surface area contributed by atoms with Crippen LogP contribution in [0, 0.1) is 20.8 Å². The summed E-state index contributed by atoms with van der Waals surface area (Å²) in [5.41, 5.74) is 7.19. The summed E-state index contributed by atoms with van der Waals surface area (Å²) < 4.78 is 1.65. The van der Waals surface area contributed by atoms with E-state index in [0.717, 1.165) is 28.9 Å². The predicted octanol–water partition coefficient (Wildman–Crippen LogP) is 4.32. The minimum Gasteiger partial charge on any atom is -0.294 e. The van der Waals surface area contributed by atoms with Crippen molar-refractivity contribution in [1.29, 1.82) is 0 Å². The van der Waals surface area contributed by atoms with Crippen molar-refractivity contribution in [2.24, 2.45) is 0 Å². The van der Waals surface area contributed by atoms with Crippen LogP contribution < -0.4 is 5.56 Å². The zero-order valence-electron chi connectivity index (χ0n) is 14.1. The molecule has 1 aromatic heterocycles.